The number of hydrogen-bond acceptors (Lipinski definition) is 2. The Labute approximate surface area is 127 Å². The van der Waals surface area contributed by atoms with Crippen molar-refractivity contribution in [3.63, 3.8) is 0 Å². The predicted octanol–water partition coefficient (Wildman–Crippen LogP) is 3.59. The number of hydrogen-bond donors (Lipinski definition) is 1. The molecular weight excluding hydrogens is 291 g/mol. The Morgan fingerprint density at radius 2 is 2.10 bits per heavy atom. The van der Waals surface area contributed by atoms with Crippen LogP contribution in [0.15, 0.2) is 36.4 Å². The van der Waals surface area contributed by atoms with Gasteiger partial charge in [-0.05, 0) is 36.8 Å². The summed E-state index contributed by atoms with van der Waals surface area (Å²) in [5.41, 5.74) is 1.81. The van der Waals surface area contributed by atoms with Gasteiger partial charge in [-0.2, -0.15) is 5.26 Å². The molecule has 0 aromatic heterocycles. The predicted molar refractivity (Wildman–Crippen MR) is 78.5 cm³/mol. The first-order valence-electron chi connectivity index (χ1n) is 6.24. The van der Waals surface area contributed by atoms with E-state index < -0.39 is 5.82 Å². The van der Waals surface area contributed by atoms with Crippen LogP contribution in [0.3, 0.4) is 0 Å². The minimum absolute atomic E-state index is 0.0440. The average Bonchev–Trinajstić information content (AvgIpc) is 2.48. The lowest BCUT2D eigenvalue weighted by atomic mass is 10.1. The number of benzene rings is 2. The highest BCUT2D eigenvalue weighted by Gasteiger charge is 2.11. The van der Waals surface area contributed by atoms with Gasteiger partial charge in [0, 0.05) is 22.7 Å². The first-order chi connectivity index (χ1) is 10.0. The first-order valence-corrected chi connectivity index (χ1v) is 6.62. The van der Waals surface area contributed by atoms with Crippen LogP contribution in [-0.2, 0) is 6.54 Å². The normalized spacial score (nSPS) is 10.0. The number of amides is 1. The van der Waals surface area contributed by atoms with Gasteiger partial charge in [0.05, 0.1) is 11.6 Å². The maximum absolute atomic E-state index is 13.7. The van der Waals surface area contributed by atoms with Crippen molar-refractivity contribution in [3.8, 4) is 6.07 Å². The van der Waals surface area contributed by atoms with Gasteiger partial charge in [0.25, 0.3) is 5.91 Å². The fourth-order valence-electron chi connectivity index (χ4n) is 1.87. The van der Waals surface area contributed by atoms with E-state index in [-0.39, 0.29) is 18.0 Å². The fourth-order valence-corrected chi connectivity index (χ4v) is 2.04. The lowest BCUT2D eigenvalue weighted by molar-refractivity contribution is 0.0950. The molecule has 0 atom stereocenters. The molecule has 5 heteroatoms. The van der Waals surface area contributed by atoms with Crippen LogP contribution < -0.4 is 5.32 Å². The van der Waals surface area contributed by atoms with Gasteiger partial charge in [0.1, 0.15) is 5.82 Å². The molecule has 2 rings (SSSR count). The monoisotopic (exact) mass is 302 g/mol. The van der Waals surface area contributed by atoms with E-state index in [4.69, 9.17) is 16.9 Å². The quantitative estimate of drug-likeness (QED) is 0.942. The molecule has 0 heterocycles. The van der Waals surface area contributed by atoms with E-state index in [0.29, 0.717) is 16.1 Å². The summed E-state index contributed by atoms with van der Waals surface area (Å²) in [6, 6.07) is 11.0. The molecule has 0 saturated heterocycles. The van der Waals surface area contributed by atoms with E-state index in [2.05, 4.69) is 5.32 Å². The third kappa shape index (κ3) is 3.59. The molecule has 0 fully saturated rings. The Morgan fingerprint density at radius 3 is 2.76 bits per heavy atom. The van der Waals surface area contributed by atoms with E-state index in [1.807, 2.05) is 6.07 Å². The number of carbonyl (C=O) groups excluding carboxylic acids is 1. The molecule has 0 unspecified atom stereocenters. The van der Waals surface area contributed by atoms with Crippen LogP contribution in [0.2, 0.25) is 5.02 Å². The third-order valence-electron chi connectivity index (χ3n) is 3.07. The second kappa shape index (κ2) is 6.38. The third-order valence-corrected chi connectivity index (χ3v) is 3.30. The van der Waals surface area contributed by atoms with E-state index in [1.165, 1.54) is 12.1 Å². The summed E-state index contributed by atoms with van der Waals surface area (Å²) in [5, 5.41) is 11.8. The number of nitrogens with zero attached hydrogens (tertiary/aromatic N) is 1. The summed E-state index contributed by atoms with van der Waals surface area (Å²) < 4.78 is 13.7. The number of halogens is 2. The van der Waals surface area contributed by atoms with Gasteiger partial charge in [-0.25, -0.2) is 4.39 Å². The Kier molecular flexibility index (Phi) is 4.56. The van der Waals surface area contributed by atoms with Crippen LogP contribution in [0.5, 0.6) is 0 Å². The summed E-state index contributed by atoms with van der Waals surface area (Å²) >= 11 is 5.87. The van der Waals surface area contributed by atoms with Gasteiger partial charge in [-0.1, -0.05) is 23.7 Å². The molecule has 106 valence electrons. The van der Waals surface area contributed by atoms with Crippen molar-refractivity contribution in [1.82, 2.24) is 5.32 Å². The second-order valence-electron chi connectivity index (χ2n) is 4.56. The largest absolute Gasteiger partial charge is 0.348 e. The Balaban J connectivity index is 2.11. The second-order valence-corrected chi connectivity index (χ2v) is 5.00. The van der Waals surface area contributed by atoms with Gasteiger partial charge in [0.2, 0.25) is 0 Å². The fraction of sp³-hybridized carbons (Fsp3) is 0.125. The molecule has 0 bridgehead atoms. The van der Waals surface area contributed by atoms with Crippen LogP contribution in [0.1, 0.15) is 27.0 Å². The van der Waals surface area contributed by atoms with Crippen LogP contribution in [0.25, 0.3) is 0 Å². The van der Waals surface area contributed by atoms with Gasteiger partial charge in [-0.3, -0.25) is 4.79 Å². The summed E-state index contributed by atoms with van der Waals surface area (Å²) in [7, 11) is 0. The van der Waals surface area contributed by atoms with Gasteiger partial charge < -0.3 is 5.32 Å². The van der Waals surface area contributed by atoms with E-state index >= 15 is 0 Å². The summed E-state index contributed by atoms with van der Waals surface area (Å²) in [6.45, 7) is 1.84. The zero-order chi connectivity index (χ0) is 15.4. The maximum Gasteiger partial charge on any atom is 0.251 e. The Morgan fingerprint density at radius 1 is 1.33 bits per heavy atom. The topological polar surface area (TPSA) is 52.9 Å². The van der Waals surface area contributed by atoms with Crippen molar-refractivity contribution in [2.75, 3.05) is 0 Å². The molecule has 0 aliphatic carbocycles. The highest BCUT2D eigenvalue weighted by molar-refractivity contribution is 6.31. The molecule has 1 N–H and O–H groups in total. The van der Waals surface area contributed by atoms with Gasteiger partial charge in [-0.15, -0.1) is 0 Å². The SMILES string of the molecule is Cc1ccc(Cl)cc1C(=O)NCc1ccc(C#N)cc1F. The van der Waals surface area contributed by atoms with Crippen molar-refractivity contribution in [2.24, 2.45) is 0 Å². The highest BCUT2D eigenvalue weighted by atomic mass is 35.5. The lowest BCUT2D eigenvalue weighted by Gasteiger charge is -2.09. The lowest BCUT2D eigenvalue weighted by Crippen LogP contribution is -2.24. The molecule has 2 aromatic rings. The van der Waals surface area contributed by atoms with Crippen LogP contribution in [0, 0.1) is 24.1 Å². The van der Waals surface area contributed by atoms with Crippen molar-refractivity contribution in [3.05, 3.63) is 69.5 Å². The molecule has 21 heavy (non-hydrogen) atoms. The smallest absolute Gasteiger partial charge is 0.251 e. The van der Waals surface area contributed by atoms with Crippen LogP contribution >= 0.6 is 11.6 Å². The van der Waals surface area contributed by atoms with E-state index in [9.17, 15) is 9.18 Å². The van der Waals surface area contributed by atoms with Crippen molar-refractivity contribution in [1.29, 1.82) is 5.26 Å². The molecular formula is C16H12ClFN2O. The minimum Gasteiger partial charge on any atom is -0.348 e. The summed E-state index contributed by atoms with van der Waals surface area (Å²) in [5.74, 6) is -0.837. The Hall–Kier alpha value is -2.38. The van der Waals surface area contributed by atoms with Gasteiger partial charge in [0.15, 0.2) is 0 Å². The molecule has 2 aromatic carbocycles. The number of rotatable bonds is 3. The zero-order valence-corrected chi connectivity index (χ0v) is 12.0. The van der Waals surface area contributed by atoms with Crippen molar-refractivity contribution in [2.45, 2.75) is 13.5 Å². The molecule has 0 aliphatic heterocycles. The van der Waals surface area contributed by atoms with E-state index in [0.717, 1.165) is 11.6 Å². The molecule has 0 radical (unpaired) electrons. The zero-order valence-electron chi connectivity index (χ0n) is 11.3. The maximum atomic E-state index is 13.7. The molecule has 3 nitrogen and oxygen atoms in total. The van der Waals surface area contributed by atoms with Gasteiger partial charge >= 0.3 is 0 Å². The number of carbonyl (C=O) groups is 1. The number of aryl methyl sites for hydroxylation is 1. The number of nitriles is 1. The first kappa shape index (κ1) is 15.0. The van der Waals surface area contributed by atoms with E-state index in [1.54, 1.807) is 25.1 Å². The van der Waals surface area contributed by atoms with Crippen LogP contribution in [0.4, 0.5) is 4.39 Å². The standard InChI is InChI=1S/C16H12ClFN2O/c1-10-2-5-13(17)7-14(10)16(21)20-9-12-4-3-11(8-19)6-15(12)18/h2-7H,9H2,1H3,(H,20,21). The number of nitrogens with one attached hydrogen (secondary N) is 1. The van der Waals surface area contributed by atoms with Crippen LogP contribution in [-0.4, -0.2) is 5.91 Å². The summed E-state index contributed by atoms with van der Waals surface area (Å²) in [6.07, 6.45) is 0. The van der Waals surface area contributed by atoms with Crippen molar-refractivity contribution >= 4 is 17.5 Å². The molecule has 1 amide bonds. The molecule has 0 aliphatic rings. The summed E-state index contributed by atoms with van der Waals surface area (Å²) in [4.78, 5) is 12.1. The minimum atomic E-state index is -0.517. The average molecular weight is 303 g/mol. The molecule has 0 saturated carbocycles. The molecule has 0 spiro atoms. The van der Waals surface area contributed by atoms with Crippen molar-refractivity contribution < 1.29 is 9.18 Å². The highest BCUT2D eigenvalue weighted by Crippen LogP contribution is 2.16. The Bertz CT molecular complexity index is 738.